The third-order valence-corrected chi connectivity index (χ3v) is 2.33. The van der Waals surface area contributed by atoms with Crippen molar-refractivity contribution in [2.45, 2.75) is 0 Å². The molecule has 0 saturated heterocycles. The summed E-state index contributed by atoms with van der Waals surface area (Å²) in [6, 6.07) is 13.1. The van der Waals surface area contributed by atoms with Crippen LogP contribution in [-0.4, -0.2) is 16.2 Å². The smallest absolute Gasteiger partial charge is 0.273 e. The summed E-state index contributed by atoms with van der Waals surface area (Å²) in [7, 11) is 0. The number of benzene rings is 2. The first kappa shape index (κ1) is 11.8. The maximum atomic E-state index is 10.5. The lowest BCUT2D eigenvalue weighted by molar-refractivity contribution is -0.384. The van der Waals surface area contributed by atoms with E-state index in [4.69, 9.17) is 0 Å². The van der Waals surface area contributed by atoms with Crippen LogP contribution in [0.25, 0.3) is 0 Å². The van der Waals surface area contributed by atoms with Gasteiger partial charge in [0.1, 0.15) is 5.75 Å². The lowest BCUT2D eigenvalue weighted by Crippen LogP contribution is -1.89. The summed E-state index contributed by atoms with van der Waals surface area (Å²) >= 11 is 0. The van der Waals surface area contributed by atoms with Crippen LogP contribution >= 0.6 is 0 Å². The van der Waals surface area contributed by atoms with Crippen molar-refractivity contribution in [3.63, 3.8) is 0 Å². The molecule has 18 heavy (non-hydrogen) atoms. The van der Waals surface area contributed by atoms with Crippen LogP contribution in [0.1, 0.15) is 5.56 Å². The second-order valence-electron chi connectivity index (χ2n) is 3.59. The highest BCUT2D eigenvalue weighted by molar-refractivity contribution is 5.85. The average molecular weight is 242 g/mol. The molecule has 0 aliphatic carbocycles. The van der Waals surface area contributed by atoms with Crippen molar-refractivity contribution in [3.8, 4) is 5.75 Å². The molecule has 0 spiro atoms. The Balaban J connectivity index is 2.25. The van der Waals surface area contributed by atoms with Gasteiger partial charge in [-0.1, -0.05) is 18.2 Å². The molecule has 0 radical (unpaired) electrons. The Kier molecular flexibility index (Phi) is 3.33. The van der Waals surface area contributed by atoms with E-state index in [2.05, 4.69) is 4.99 Å². The van der Waals surface area contributed by atoms with Crippen LogP contribution in [0.3, 0.4) is 0 Å². The Morgan fingerprint density at radius 3 is 2.50 bits per heavy atom. The normalized spacial score (nSPS) is 10.7. The number of nitro benzene ring substituents is 1. The predicted molar refractivity (Wildman–Crippen MR) is 68.5 cm³/mol. The highest BCUT2D eigenvalue weighted by Crippen LogP contribution is 2.22. The Labute approximate surface area is 103 Å². The van der Waals surface area contributed by atoms with Gasteiger partial charge in [-0.25, -0.2) is 0 Å². The minimum Gasteiger partial charge on any atom is -0.507 e. The average Bonchev–Trinajstić information content (AvgIpc) is 2.38. The van der Waals surface area contributed by atoms with Crippen molar-refractivity contribution in [1.82, 2.24) is 0 Å². The molecular formula is C13H10N2O3. The molecule has 0 atom stereocenters. The second-order valence-corrected chi connectivity index (χ2v) is 3.59. The molecule has 0 bridgehead atoms. The first-order chi connectivity index (χ1) is 8.66. The highest BCUT2D eigenvalue weighted by Gasteiger charge is 2.08. The van der Waals surface area contributed by atoms with Crippen LogP contribution < -0.4 is 0 Å². The van der Waals surface area contributed by atoms with Gasteiger partial charge in [0.2, 0.25) is 0 Å². The van der Waals surface area contributed by atoms with Crippen molar-refractivity contribution < 1.29 is 10.0 Å². The number of nitro groups is 1. The number of phenols is 1. The molecule has 0 aliphatic rings. The molecule has 0 heterocycles. The first-order valence-corrected chi connectivity index (χ1v) is 5.23. The van der Waals surface area contributed by atoms with Crippen molar-refractivity contribution in [2.75, 3.05) is 0 Å². The molecule has 0 amide bonds. The fourth-order valence-electron chi connectivity index (χ4n) is 1.41. The fourth-order valence-corrected chi connectivity index (χ4v) is 1.41. The zero-order chi connectivity index (χ0) is 13.0. The minimum atomic E-state index is -0.558. The molecule has 0 aliphatic heterocycles. The number of para-hydroxylation sites is 1. The van der Waals surface area contributed by atoms with Crippen molar-refractivity contribution in [3.05, 3.63) is 64.2 Å². The maximum absolute atomic E-state index is 10.5. The number of rotatable bonds is 3. The quantitative estimate of drug-likeness (QED) is 0.510. The summed E-state index contributed by atoms with van der Waals surface area (Å²) < 4.78 is 0. The number of aliphatic imine (C=N–C) groups is 1. The van der Waals surface area contributed by atoms with Gasteiger partial charge in [-0.3, -0.25) is 15.1 Å². The molecule has 0 saturated carbocycles. The molecule has 0 unspecified atom stereocenters. The molecule has 5 heteroatoms. The monoisotopic (exact) mass is 242 g/mol. The molecule has 90 valence electrons. The fraction of sp³-hybridized carbons (Fsp3) is 0. The van der Waals surface area contributed by atoms with Gasteiger partial charge in [0.15, 0.2) is 0 Å². The lowest BCUT2D eigenvalue weighted by atomic mass is 10.2. The number of hydrogen-bond acceptors (Lipinski definition) is 4. The van der Waals surface area contributed by atoms with E-state index in [1.54, 1.807) is 0 Å². The highest BCUT2D eigenvalue weighted by atomic mass is 16.6. The number of hydrogen-bond donors (Lipinski definition) is 1. The molecule has 2 aromatic carbocycles. The number of nitrogens with zero attached hydrogens (tertiary/aromatic N) is 2. The zero-order valence-corrected chi connectivity index (χ0v) is 9.35. The van der Waals surface area contributed by atoms with Crippen molar-refractivity contribution in [2.24, 2.45) is 4.99 Å². The van der Waals surface area contributed by atoms with E-state index in [-0.39, 0.29) is 11.4 Å². The summed E-state index contributed by atoms with van der Waals surface area (Å²) in [5.41, 5.74) is 1.03. The number of non-ortho nitro benzene ring substituents is 1. The lowest BCUT2D eigenvalue weighted by Gasteiger charge is -1.98. The first-order valence-electron chi connectivity index (χ1n) is 5.23. The van der Waals surface area contributed by atoms with Gasteiger partial charge in [0.25, 0.3) is 5.69 Å². The zero-order valence-electron chi connectivity index (χ0n) is 9.35. The predicted octanol–water partition coefficient (Wildman–Crippen LogP) is 3.05. The van der Waals surface area contributed by atoms with Crippen LogP contribution in [0.2, 0.25) is 0 Å². The van der Waals surface area contributed by atoms with E-state index < -0.39 is 4.92 Å². The largest absolute Gasteiger partial charge is 0.507 e. The van der Waals surface area contributed by atoms with Crippen LogP contribution in [0.5, 0.6) is 5.75 Å². The minimum absolute atomic E-state index is 0.149. The molecular weight excluding hydrogens is 232 g/mol. The van der Waals surface area contributed by atoms with Gasteiger partial charge in [0, 0.05) is 17.8 Å². The van der Waals surface area contributed by atoms with E-state index in [1.807, 2.05) is 30.3 Å². The summed E-state index contributed by atoms with van der Waals surface area (Å²) in [6.07, 6.45) is 1.47. The SMILES string of the molecule is O=[N+]([O-])c1ccc(/C=N/c2ccccc2)c(O)c1. The third kappa shape index (κ3) is 2.70. The van der Waals surface area contributed by atoms with Gasteiger partial charge >= 0.3 is 0 Å². The summed E-state index contributed by atoms with van der Waals surface area (Å²) in [4.78, 5) is 14.1. The Hall–Kier alpha value is -2.69. The van der Waals surface area contributed by atoms with E-state index in [1.165, 1.54) is 18.3 Å². The number of phenolic OH excluding ortho intramolecular Hbond substituents is 1. The van der Waals surface area contributed by atoms with Crippen LogP contribution in [0.4, 0.5) is 11.4 Å². The van der Waals surface area contributed by atoms with E-state index in [9.17, 15) is 15.2 Å². The van der Waals surface area contributed by atoms with Crippen LogP contribution in [-0.2, 0) is 0 Å². The van der Waals surface area contributed by atoms with E-state index in [0.29, 0.717) is 5.56 Å². The molecule has 1 N–H and O–H groups in total. The van der Waals surface area contributed by atoms with Gasteiger partial charge in [0.05, 0.1) is 16.7 Å². The van der Waals surface area contributed by atoms with E-state index in [0.717, 1.165) is 11.8 Å². The summed E-state index contributed by atoms with van der Waals surface area (Å²) in [5, 5.41) is 20.1. The summed E-state index contributed by atoms with van der Waals surface area (Å²) in [6.45, 7) is 0. The van der Waals surface area contributed by atoms with Crippen LogP contribution in [0, 0.1) is 10.1 Å². The molecule has 0 aromatic heterocycles. The molecule has 2 aromatic rings. The van der Waals surface area contributed by atoms with Crippen molar-refractivity contribution >= 4 is 17.6 Å². The Bertz CT molecular complexity index is 594. The standard InChI is InChI=1S/C13H10N2O3/c16-13-8-12(15(17)18)7-6-10(13)9-14-11-4-2-1-3-5-11/h1-9,16H/b14-9+. The van der Waals surface area contributed by atoms with Gasteiger partial charge in [-0.15, -0.1) is 0 Å². The van der Waals surface area contributed by atoms with Crippen LogP contribution in [0.15, 0.2) is 53.5 Å². The van der Waals surface area contributed by atoms with Crippen molar-refractivity contribution in [1.29, 1.82) is 0 Å². The van der Waals surface area contributed by atoms with Gasteiger partial charge in [-0.2, -0.15) is 0 Å². The molecule has 5 nitrogen and oxygen atoms in total. The molecule has 0 fully saturated rings. The van der Waals surface area contributed by atoms with Gasteiger partial charge < -0.3 is 5.11 Å². The Morgan fingerprint density at radius 1 is 1.17 bits per heavy atom. The maximum Gasteiger partial charge on any atom is 0.273 e. The topological polar surface area (TPSA) is 75.7 Å². The van der Waals surface area contributed by atoms with E-state index >= 15 is 0 Å². The number of aromatic hydroxyl groups is 1. The Morgan fingerprint density at radius 2 is 1.89 bits per heavy atom. The van der Waals surface area contributed by atoms with Gasteiger partial charge in [-0.05, 0) is 18.2 Å². The third-order valence-electron chi connectivity index (χ3n) is 2.33. The summed E-state index contributed by atoms with van der Waals surface area (Å²) in [5.74, 6) is -0.163. The molecule has 2 rings (SSSR count). The second kappa shape index (κ2) is 5.09.